The molecule has 0 bridgehead atoms. The summed E-state index contributed by atoms with van der Waals surface area (Å²) in [4.78, 5) is 14.4. The van der Waals surface area contributed by atoms with Crippen molar-refractivity contribution in [3.8, 4) is 5.75 Å². The molecule has 0 spiro atoms. The average Bonchev–Trinajstić information content (AvgIpc) is 2.58. The van der Waals surface area contributed by atoms with Gasteiger partial charge in [-0.3, -0.25) is 4.79 Å². The Morgan fingerprint density at radius 2 is 1.83 bits per heavy atom. The van der Waals surface area contributed by atoms with E-state index in [0.717, 1.165) is 36.8 Å². The molecule has 1 saturated heterocycles. The van der Waals surface area contributed by atoms with Crippen molar-refractivity contribution in [2.75, 3.05) is 13.1 Å². The van der Waals surface area contributed by atoms with Crippen LogP contribution in [-0.4, -0.2) is 29.0 Å². The van der Waals surface area contributed by atoms with Gasteiger partial charge in [-0.15, -0.1) is 0 Å². The number of hydrogen-bond acceptors (Lipinski definition) is 2. The molecule has 1 aliphatic rings. The number of piperidine rings is 1. The molecule has 1 N–H and O–H groups in total. The summed E-state index contributed by atoms with van der Waals surface area (Å²) in [6.45, 7) is 1.50. The molecule has 0 radical (unpaired) electrons. The van der Waals surface area contributed by atoms with Crippen LogP contribution < -0.4 is 0 Å². The molecule has 1 aliphatic heterocycles. The van der Waals surface area contributed by atoms with Crippen LogP contribution in [0.1, 0.15) is 28.8 Å². The van der Waals surface area contributed by atoms with Crippen LogP contribution in [0.3, 0.4) is 0 Å². The van der Waals surface area contributed by atoms with Crippen LogP contribution in [0.15, 0.2) is 53.0 Å². The fourth-order valence-electron chi connectivity index (χ4n) is 3.14. The molecule has 0 aromatic heterocycles. The second-order valence-electron chi connectivity index (χ2n) is 6.09. The largest absolute Gasteiger partial charge is 0.507 e. The number of phenolic OH excluding ortho intramolecular Hbond substituents is 1. The summed E-state index contributed by atoms with van der Waals surface area (Å²) in [5.74, 6) is 0.587. The highest BCUT2D eigenvalue weighted by Gasteiger charge is 2.25. The third-order valence-electron chi connectivity index (χ3n) is 4.46. The number of carbonyl (C=O) groups is 1. The number of hydrogen-bond donors (Lipinski definition) is 1. The van der Waals surface area contributed by atoms with Gasteiger partial charge in [0.25, 0.3) is 5.91 Å². The highest BCUT2D eigenvalue weighted by atomic mass is 79.9. The molecule has 4 heteroatoms. The Balaban J connectivity index is 1.60. The van der Waals surface area contributed by atoms with E-state index in [0.29, 0.717) is 11.5 Å². The Labute approximate surface area is 145 Å². The maximum Gasteiger partial charge on any atom is 0.257 e. The monoisotopic (exact) mass is 373 g/mol. The minimum atomic E-state index is -0.0815. The molecule has 0 aliphatic carbocycles. The van der Waals surface area contributed by atoms with E-state index >= 15 is 0 Å². The van der Waals surface area contributed by atoms with Gasteiger partial charge in [0.15, 0.2) is 0 Å². The standard InChI is InChI=1S/C19H20BrNO2/c20-16-6-7-18(22)17(13-16)19(23)21-10-8-15(9-11-21)12-14-4-2-1-3-5-14/h1-7,13,15,22H,8-12H2. The first-order chi connectivity index (χ1) is 11.1. The number of likely N-dealkylation sites (tertiary alicyclic amines) is 1. The lowest BCUT2D eigenvalue weighted by Crippen LogP contribution is -2.38. The van der Waals surface area contributed by atoms with E-state index in [1.807, 2.05) is 11.0 Å². The average molecular weight is 374 g/mol. The number of halogens is 1. The van der Waals surface area contributed by atoms with Crippen LogP contribution in [0.4, 0.5) is 0 Å². The molecule has 2 aromatic carbocycles. The zero-order valence-electron chi connectivity index (χ0n) is 12.9. The summed E-state index contributed by atoms with van der Waals surface area (Å²) in [6, 6.07) is 15.5. The number of nitrogens with zero attached hydrogens (tertiary/aromatic N) is 1. The van der Waals surface area contributed by atoms with E-state index in [1.54, 1.807) is 18.2 Å². The zero-order chi connectivity index (χ0) is 16.2. The Morgan fingerprint density at radius 3 is 2.52 bits per heavy atom. The normalized spacial score (nSPS) is 15.6. The molecule has 2 aromatic rings. The minimum Gasteiger partial charge on any atom is -0.507 e. The number of phenols is 1. The summed E-state index contributed by atoms with van der Waals surface area (Å²) in [5.41, 5.74) is 1.74. The molecule has 3 nitrogen and oxygen atoms in total. The minimum absolute atomic E-state index is 0.0459. The summed E-state index contributed by atoms with van der Waals surface area (Å²) in [5, 5.41) is 9.91. The van der Waals surface area contributed by atoms with Gasteiger partial charge in [0.2, 0.25) is 0 Å². The highest BCUT2D eigenvalue weighted by molar-refractivity contribution is 9.10. The molecule has 0 atom stereocenters. The predicted molar refractivity (Wildman–Crippen MR) is 94.6 cm³/mol. The van der Waals surface area contributed by atoms with Gasteiger partial charge in [0.1, 0.15) is 5.75 Å². The number of benzene rings is 2. The Bertz CT molecular complexity index is 679. The maximum absolute atomic E-state index is 12.6. The fourth-order valence-corrected chi connectivity index (χ4v) is 3.50. The number of aromatic hydroxyl groups is 1. The first-order valence-electron chi connectivity index (χ1n) is 7.95. The van der Waals surface area contributed by atoms with Gasteiger partial charge in [-0.1, -0.05) is 46.3 Å². The lowest BCUT2D eigenvalue weighted by atomic mass is 9.90. The van der Waals surface area contributed by atoms with Gasteiger partial charge in [-0.2, -0.15) is 0 Å². The van der Waals surface area contributed by atoms with E-state index in [9.17, 15) is 9.90 Å². The topological polar surface area (TPSA) is 40.5 Å². The van der Waals surface area contributed by atoms with E-state index in [1.165, 1.54) is 5.56 Å². The van der Waals surface area contributed by atoms with Crippen molar-refractivity contribution >= 4 is 21.8 Å². The van der Waals surface area contributed by atoms with Gasteiger partial charge in [-0.05, 0) is 48.9 Å². The molecule has 1 heterocycles. The van der Waals surface area contributed by atoms with E-state index in [4.69, 9.17) is 0 Å². The lowest BCUT2D eigenvalue weighted by Gasteiger charge is -2.32. The Kier molecular flexibility index (Phi) is 5.01. The number of rotatable bonds is 3. The van der Waals surface area contributed by atoms with Crippen LogP contribution in [0.2, 0.25) is 0 Å². The lowest BCUT2D eigenvalue weighted by molar-refractivity contribution is 0.0687. The van der Waals surface area contributed by atoms with Crippen LogP contribution >= 0.6 is 15.9 Å². The highest BCUT2D eigenvalue weighted by Crippen LogP contribution is 2.27. The molecule has 3 rings (SSSR count). The van der Waals surface area contributed by atoms with Gasteiger partial charge in [0, 0.05) is 17.6 Å². The summed E-state index contributed by atoms with van der Waals surface area (Å²) in [7, 11) is 0. The summed E-state index contributed by atoms with van der Waals surface area (Å²) in [6.07, 6.45) is 3.09. The third-order valence-corrected chi connectivity index (χ3v) is 4.95. The first-order valence-corrected chi connectivity index (χ1v) is 8.74. The smallest absolute Gasteiger partial charge is 0.257 e. The van der Waals surface area contributed by atoms with Gasteiger partial charge >= 0.3 is 0 Å². The molecule has 23 heavy (non-hydrogen) atoms. The van der Waals surface area contributed by atoms with Crippen molar-refractivity contribution in [1.82, 2.24) is 4.90 Å². The molecule has 1 fully saturated rings. The first kappa shape index (κ1) is 16.1. The second-order valence-corrected chi connectivity index (χ2v) is 7.00. The predicted octanol–water partition coefficient (Wildman–Crippen LogP) is 4.25. The maximum atomic E-state index is 12.6. The Hall–Kier alpha value is -1.81. The van der Waals surface area contributed by atoms with Gasteiger partial charge in [-0.25, -0.2) is 0 Å². The van der Waals surface area contributed by atoms with E-state index < -0.39 is 0 Å². The Morgan fingerprint density at radius 1 is 1.13 bits per heavy atom. The zero-order valence-corrected chi connectivity index (χ0v) is 14.5. The molecule has 0 unspecified atom stereocenters. The summed E-state index contributed by atoms with van der Waals surface area (Å²) >= 11 is 3.35. The van der Waals surface area contributed by atoms with Crippen LogP contribution in [0.25, 0.3) is 0 Å². The summed E-state index contributed by atoms with van der Waals surface area (Å²) < 4.78 is 0.803. The molecule has 0 saturated carbocycles. The fraction of sp³-hybridized carbons (Fsp3) is 0.316. The van der Waals surface area contributed by atoms with Crippen molar-refractivity contribution in [3.05, 3.63) is 64.1 Å². The third kappa shape index (κ3) is 3.94. The van der Waals surface area contributed by atoms with Crippen LogP contribution in [0.5, 0.6) is 5.75 Å². The van der Waals surface area contributed by atoms with Crippen molar-refractivity contribution in [3.63, 3.8) is 0 Å². The van der Waals surface area contributed by atoms with Gasteiger partial charge in [0.05, 0.1) is 5.56 Å². The van der Waals surface area contributed by atoms with Crippen LogP contribution in [-0.2, 0) is 6.42 Å². The van der Waals surface area contributed by atoms with Crippen molar-refractivity contribution in [2.45, 2.75) is 19.3 Å². The number of carbonyl (C=O) groups excluding carboxylic acids is 1. The van der Waals surface area contributed by atoms with Crippen molar-refractivity contribution in [1.29, 1.82) is 0 Å². The number of amides is 1. The quantitative estimate of drug-likeness (QED) is 0.873. The SMILES string of the molecule is O=C(c1cc(Br)ccc1O)N1CCC(Cc2ccccc2)CC1. The van der Waals surface area contributed by atoms with Gasteiger partial charge < -0.3 is 10.0 Å². The van der Waals surface area contributed by atoms with E-state index in [2.05, 4.69) is 40.2 Å². The van der Waals surface area contributed by atoms with Crippen molar-refractivity contribution < 1.29 is 9.90 Å². The molecular formula is C19H20BrNO2. The molecular weight excluding hydrogens is 354 g/mol. The van der Waals surface area contributed by atoms with Crippen molar-refractivity contribution in [2.24, 2.45) is 5.92 Å². The van der Waals surface area contributed by atoms with Crippen LogP contribution in [0, 0.1) is 5.92 Å². The molecule has 1 amide bonds. The van der Waals surface area contributed by atoms with E-state index in [-0.39, 0.29) is 11.7 Å². The second kappa shape index (κ2) is 7.18. The molecule has 120 valence electrons.